The van der Waals surface area contributed by atoms with Gasteiger partial charge in [-0.3, -0.25) is 0 Å². The van der Waals surface area contributed by atoms with Crippen LogP contribution >= 0.6 is 11.8 Å². The van der Waals surface area contributed by atoms with Gasteiger partial charge in [0.05, 0.1) is 5.54 Å². The number of thioether (sulfide) groups is 1. The predicted octanol–water partition coefficient (Wildman–Crippen LogP) is 1.95. The van der Waals surface area contributed by atoms with Crippen LogP contribution in [-0.4, -0.2) is 39.2 Å². The van der Waals surface area contributed by atoms with Crippen molar-refractivity contribution in [2.45, 2.75) is 44.3 Å². The number of aromatic nitrogens is 4. The summed E-state index contributed by atoms with van der Waals surface area (Å²) in [5.41, 5.74) is -0.0541. The Labute approximate surface area is 106 Å². The Hall–Kier alpha value is -0.620. The van der Waals surface area contributed by atoms with Crippen molar-refractivity contribution >= 4 is 11.8 Å². The molecule has 17 heavy (non-hydrogen) atoms. The fourth-order valence-corrected chi connectivity index (χ4v) is 3.04. The minimum Gasteiger partial charge on any atom is -0.381 e. The number of hydrogen-bond donors (Lipinski definition) is 0. The van der Waals surface area contributed by atoms with Crippen molar-refractivity contribution in [2.24, 2.45) is 5.92 Å². The lowest BCUT2D eigenvalue weighted by molar-refractivity contribution is 0.0727. The number of rotatable bonds is 3. The van der Waals surface area contributed by atoms with Crippen LogP contribution < -0.4 is 0 Å². The Morgan fingerprint density at radius 2 is 2.06 bits per heavy atom. The molecule has 1 saturated heterocycles. The molecule has 96 valence electrons. The molecule has 0 bridgehead atoms. The SMILES string of the molecule is CC(C)(C)n1nnnc1SCC1CCOCC1. The van der Waals surface area contributed by atoms with Gasteiger partial charge in [-0.05, 0) is 50.0 Å². The van der Waals surface area contributed by atoms with Gasteiger partial charge in [0, 0.05) is 19.0 Å². The first-order chi connectivity index (χ1) is 8.07. The van der Waals surface area contributed by atoms with Crippen LogP contribution in [0.1, 0.15) is 33.6 Å². The van der Waals surface area contributed by atoms with Gasteiger partial charge in [-0.2, -0.15) is 0 Å². The Morgan fingerprint density at radius 1 is 1.35 bits per heavy atom. The number of nitrogens with zero attached hydrogens (tertiary/aromatic N) is 4. The Balaban J connectivity index is 1.92. The highest BCUT2D eigenvalue weighted by molar-refractivity contribution is 7.99. The zero-order valence-electron chi connectivity index (χ0n) is 10.7. The van der Waals surface area contributed by atoms with E-state index in [1.54, 1.807) is 11.8 Å². The Bertz CT molecular complexity index is 355. The molecule has 1 fully saturated rings. The largest absolute Gasteiger partial charge is 0.381 e. The third-order valence-corrected chi connectivity index (χ3v) is 4.02. The summed E-state index contributed by atoms with van der Waals surface area (Å²) in [4.78, 5) is 0. The minimum atomic E-state index is -0.0541. The van der Waals surface area contributed by atoms with Crippen molar-refractivity contribution in [3.63, 3.8) is 0 Å². The highest BCUT2D eigenvalue weighted by Gasteiger charge is 2.21. The fourth-order valence-electron chi connectivity index (χ4n) is 1.80. The van der Waals surface area contributed by atoms with E-state index in [2.05, 4.69) is 36.3 Å². The first kappa shape index (κ1) is 12.8. The van der Waals surface area contributed by atoms with Gasteiger partial charge in [-0.15, -0.1) is 5.10 Å². The lowest BCUT2D eigenvalue weighted by Crippen LogP contribution is -2.24. The van der Waals surface area contributed by atoms with E-state index in [4.69, 9.17) is 4.74 Å². The molecule has 2 rings (SSSR count). The standard InChI is InChI=1S/C11H20N4OS/c1-11(2,3)15-10(12-13-14-15)17-8-9-4-6-16-7-5-9/h9H,4-8H2,1-3H3. The lowest BCUT2D eigenvalue weighted by Gasteiger charge is -2.23. The molecule has 1 aliphatic rings. The topological polar surface area (TPSA) is 52.8 Å². The van der Waals surface area contributed by atoms with E-state index in [9.17, 15) is 0 Å². The Morgan fingerprint density at radius 3 is 2.71 bits per heavy atom. The molecule has 1 aromatic heterocycles. The molecule has 0 aliphatic carbocycles. The van der Waals surface area contributed by atoms with Crippen molar-refractivity contribution < 1.29 is 4.74 Å². The smallest absolute Gasteiger partial charge is 0.209 e. The molecule has 5 nitrogen and oxygen atoms in total. The van der Waals surface area contributed by atoms with Crippen molar-refractivity contribution in [3.8, 4) is 0 Å². The lowest BCUT2D eigenvalue weighted by atomic mass is 10.0. The third kappa shape index (κ3) is 3.42. The molecule has 0 unspecified atom stereocenters. The van der Waals surface area contributed by atoms with E-state index < -0.39 is 0 Å². The summed E-state index contributed by atoms with van der Waals surface area (Å²) in [6, 6.07) is 0. The molecule has 0 saturated carbocycles. The molecule has 0 aromatic carbocycles. The first-order valence-electron chi connectivity index (χ1n) is 6.07. The van der Waals surface area contributed by atoms with Crippen molar-refractivity contribution in [1.29, 1.82) is 0 Å². The van der Waals surface area contributed by atoms with Crippen LogP contribution in [0.25, 0.3) is 0 Å². The summed E-state index contributed by atoms with van der Waals surface area (Å²) >= 11 is 1.76. The van der Waals surface area contributed by atoms with Gasteiger partial charge >= 0.3 is 0 Å². The molecule has 0 radical (unpaired) electrons. The van der Waals surface area contributed by atoms with E-state index in [1.165, 1.54) is 0 Å². The molecule has 1 aliphatic heterocycles. The molecule has 0 atom stereocenters. The average molecular weight is 256 g/mol. The molecule has 1 aromatic rings. The normalized spacial score (nSPS) is 18.5. The average Bonchev–Trinajstić information content (AvgIpc) is 2.75. The van der Waals surface area contributed by atoms with Crippen LogP contribution in [0.3, 0.4) is 0 Å². The van der Waals surface area contributed by atoms with Crippen LogP contribution in [-0.2, 0) is 10.3 Å². The first-order valence-corrected chi connectivity index (χ1v) is 7.05. The summed E-state index contributed by atoms with van der Waals surface area (Å²) in [6.07, 6.45) is 2.31. The van der Waals surface area contributed by atoms with Crippen molar-refractivity contribution in [1.82, 2.24) is 20.2 Å². The van der Waals surface area contributed by atoms with E-state index in [1.807, 2.05) is 4.68 Å². The zero-order valence-corrected chi connectivity index (χ0v) is 11.5. The van der Waals surface area contributed by atoms with Crippen LogP contribution in [0.5, 0.6) is 0 Å². The fraction of sp³-hybridized carbons (Fsp3) is 0.909. The number of hydrogen-bond acceptors (Lipinski definition) is 5. The second kappa shape index (κ2) is 5.35. The molecule has 0 amide bonds. The van der Waals surface area contributed by atoms with Crippen LogP contribution in [0.15, 0.2) is 5.16 Å². The quantitative estimate of drug-likeness (QED) is 0.774. The van der Waals surface area contributed by atoms with E-state index in [-0.39, 0.29) is 5.54 Å². The van der Waals surface area contributed by atoms with Gasteiger partial charge in [0.25, 0.3) is 0 Å². The van der Waals surface area contributed by atoms with Gasteiger partial charge in [0.15, 0.2) is 0 Å². The summed E-state index contributed by atoms with van der Waals surface area (Å²) in [6.45, 7) is 8.14. The Kier molecular flexibility index (Phi) is 4.04. The third-order valence-electron chi connectivity index (χ3n) is 2.87. The monoisotopic (exact) mass is 256 g/mol. The maximum Gasteiger partial charge on any atom is 0.209 e. The van der Waals surface area contributed by atoms with E-state index in [0.29, 0.717) is 0 Å². The van der Waals surface area contributed by atoms with Crippen molar-refractivity contribution in [2.75, 3.05) is 19.0 Å². The number of ether oxygens (including phenoxy) is 1. The van der Waals surface area contributed by atoms with Gasteiger partial charge in [0.1, 0.15) is 0 Å². The van der Waals surface area contributed by atoms with Crippen molar-refractivity contribution in [3.05, 3.63) is 0 Å². The summed E-state index contributed by atoms with van der Waals surface area (Å²) in [5.74, 6) is 1.82. The summed E-state index contributed by atoms with van der Waals surface area (Å²) < 4.78 is 7.26. The number of tetrazole rings is 1. The molecule has 6 heteroatoms. The second-order valence-electron chi connectivity index (χ2n) is 5.41. The van der Waals surface area contributed by atoms with Crippen LogP contribution in [0, 0.1) is 5.92 Å². The van der Waals surface area contributed by atoms with Gasteiger partial charge in [-0.25, -0.2) is 4.68 Å². The maximum atomic E-state index is 5.36. The molecular formula is C11H20N4OS. The molecule has 2 heterocycles. The van der Waals surface area contributed by atoms with Gasteiger partial charge < -0.3 is 4.74 Å². The van der Waals surface area contributed by atoms with Gasteiger partial charge in [0.2, 0.25) is 5.16 Å². The predicted molar refractivity (Wildman–Crippen MR) is 67.1 cm³/mol. The minimum absolute atomic E-state index is 0.0541. The molecule has 0 N–H and O–H groups in total. The van der Waals surface area contributed by atoms with E-state index in [0.717, 1.165) is 42.9 Å². The maximum absolute atomic E-state index is 5.36. The highest BCUT2D eigenvalue weighted by Crippen LogP contribution is 2.26. The molecular weight excluding hydrogens is 236 g/mol. The zero-order chi connectivity index (χ0) is 12.3. The van der Waals surface area contributed by atoms with Crippen LogP contribution in [0.2, 0.25) is 0 Å². The van der Waals surface area contributed by atoms with E-state index >= 15 is 0 Å². The summed E-state index contributed by atoms with van der Waals surface area (Å²) in [5, 5.41) is 12.9. The summed E-state index contributed by atoms with van der Waals surface area (Å²) in [7, 11) is 0. The molecule has 0 spiro atoms. The second-order valence-corrected chi connectivity index (χ2v) is 6.40. The highest BCUT2D eigenvalue weighted by atomic mass is 32.2. The van der Waals surface area contributed by atoms with Crippen LogP contribution in [0.4, 0.5) is 0 Å². The van der Waals surface area contributed by atoms with Gasteiger partial charge in [-0.1, -0.05) is 11.8 Å².